The predicted octanol–water partition coefficient (Wildman–Crippen LogP) is 4.95. The highest BCUT2D eigenvalue weighted by molar-refractivity contribution is 7.99. The molecule has 0 atom stereocenters. The van der Waals surface area contributed by atoms with Gasteiger partial charge in [-0.05, 0) is 39.3 Å². The Bertz CT molecular complexity index is 1220. The van der Waals surface area contributed by atoms with Crippen molar-refractivity contribution in [3.8, 4) is 0 Å². The van der Waals surface area contributed by atoms with Crippen molar-refractivity contribution < 1.29 is 9.72 Å². The summed E-state index contributed by atoms with van der Waals surface area (Å²) in [5, 5.41) is 14.6. The van der Waals surface area contributed by atoms with Gasteiger partial charge in [-0.3, -0.25) is 24.3 Å². The Balaban J connectivity index is 1.83. The molecule has 0 aliphatic heterocycles. The lowest BCUT2D eigenvalue weighted by atomic mass is 10.2. The largest absolute Gasteiger partial charge is 0.324 e. The molecule has 0 fully saturated rings. The van der Waals surface area contributed by atoms with Crippen LogP contribution in [-0.2, 0) is 4.79 Å². The molecule has 0 saturated heterocycles. The summed E-state index contributed by atoms with van der Waals surface area (Å²) in [7, 11) is 0. The van der Waals surface area contributed by atoms with E-state index in [1.165, 1.54) is 29.5 Å². The molecule has 3 aromatic rings. The van der Waals surface area contributed by atoms with Gasteiger partial charge in [-0.1, -0.05) is 23.4 Å². The number of fused-ring (bicyclic) bond motifs is 1. The van der Waals surface area contributed by atoms with Gasteiger partial charge in [-0.2, -0.15) is 0 Å². The molecule has 158 valence electrons. The van der Waals surface area contributed by atoms with Crippen LogP contribution in [0.25, 0.3) is 10.2 Å². The van der Waals surface area contributed by atoms with Crippen molar-refractivity contribution in [1.82, 2.24) is 9.55 Å². The molecule has 0 aliphatic carbocycles. The van der Waals surface area contributed by atoms with Gasteiger partial charge in [0, 0.05) is 23.1 Å². The second-order valence-electron chi connectivity index (χ2n) is 6.88. The van der Waals surface area contributed by atoms with E-state index in [0.717, 1.165) is 22.2 Å². The fraction of sp³-hybridized carbons (Fsp3) is 0.316. The third kappa shape index (κ3) is 4.35. The lowest BCUT2D eigenvalue weighted by molar-refractivity contribution is -0.384. The highest BCUT2D eigenvalue weighted by Crippen LogP contribution is 2.30. The number of thioether (sulfide) groups is 1. The van der Waals surface area contributed by atoms with Crippen molar-refractivity contribution in [2.24, 2.45) is 0 Å². The lowest BCUT2D eigenvalue weighted by Crippen LogP contribution is -2.25. The number of hydrogen-bond donors (Lipinski definition) is 1. The number of anilines is 1. The number of aromatic nitrogens is 2. The third-order valence-electron chi connectivity index (χ3n) is 4.49. The summed E-state index contributed by atoms with van der Waals surface area (Å²) in [5.41, 5.74) is 0.941. The molecule has 0 saturated carbocycles. The maximum absolute atomic E-state index is 13.0. The van der Waals surface area contributed by atoms with E-state index in [9.17, 15) is 19.7 Å². The first-order valence-corrected chi connectivity index (χ1v) is 11.2. The van der Waals surface area contributed by atoms with E-state index < -0.39 is 4.92 Å². The molecule has 1 amide bonds. The first kappa shape index (κ1) is 22.3. The van der Waals surface area contributed by atoms with E-state index in [4.69, 9.17) is 11.6 Å². The SMILES string of the molecule is Cc1sc2nc(SCC(=O)Nc3ccc([N+](=O)[O-])cc3Cl)n(C(C)C)c(=O)c2c1C. The molecule has 2 aromatic heterocycles. The zero-order chi connectivity index (χ0) is 22.2. The van der Waals surface area contributed by atoms with Crippen LogP contribution in [0.4, 0.5) is 11.4 Å². The number of amides is 1. The molecule has 30 heavy (non-hydrogen) atoms. The fourth-order valence-electron chi connectivity index (χ4n) is 2.88. The normalized spacial score (nSPS) is 11.3. The number of carbonyl (C=O) groups excluding carboxylic acids is 1. The van der Waals surface area contributed by atoms with Crippen molar-refractivity contribution in [1.29, 1.82) is 0 Å². The fourth-order valence-corrected chi connectivity index (χ4v) is 5.10. The smallest absolute Gasteiger partial charge is 0.271 e. The zero-order valence-electron chi connectivity index (χ0n) is 16.7. The third-order valence-corrected chi connectivity index (χ3v) is 6.86. The Morgan fingerprint density at radius 3 is 2.70 bits per heavy atom. The number of aryl methyl sites for hydroxylation is 2. The molecule has 0 spiro atoms. The Labute approximate surface area is 185 Å². The number of non-ortho nitro benzene ring substituents is 1. The molecule has 11 heteroatoms. The Morgan fingerprint density at radius 2 is 2.10 bits per heavy atom. The minimum absolute atomic E-state index is 0.00131. The molecule has 2 heterocycles. The maximum atomic E-state index is 13.0. The van der Waals surface area contributed by atoms with E-state index in [1.54, 1.807) is 4.57 Å². The standard InChI is InChI=1S/C19H19ClN4O4S2/c1-9(2)23-18(26)16-10(3)11(4)30-17(16)22-19(23)29-8-15(25)21-14-6-5-12(24(27)28)7-13(14)20/h5-7,9H,8H2,1-4H3,(H,21,25). The molecule has 1 N–H and O–H groups in total. The van der Waals surface area contributed by atoms with Gasteiger partial charge in [0.05, 0.1) is 26.8 Å². The molecule has 0 radical (unpaired) electrons. The minimum atomic E-state index is -0.561. The second kappa shape index (κ2) is 8.75. The quantitative estimate of drug-likeness (QED) is 0.238. The molecular formula is C19H19ClN4O4S2. The van der Waals surface area contributed by atoms with Crippen LogP contribution in [0.5, 0.6) is 0 Å². The monoisotopic (exact) mass is 466 g/mol. The van der Waals surface area contributed by atoms with E-state index >= 15 is 0 Å². The summed E-state index contributed by atoms with van der Waals surface area (Å²) in [6, 6.07) is 3.71. The number of nitrogens with one attached hydrogen (secondary N) is 1. The summed E-state index contributed by atoms with van der Waals surface area (Å²) in [6.45, 7) is 7.65. The summed E-state index contributed by atoms with van der Waals surface area (Å²) in [6.07, 6.45) is 0. The summed E-state index contributed by atoms with van der Waals surface area (Å²) < 4.78 is 1.60. The van der Waals surface area contributed by atoms with Crippen molar-refractivity contribution in [2.75, 3.05) is 11.1 Å². The number of benzene rings is 1. The van der Waals surface area contributed by atoms with Crippen LogP contribution in [0.2, 0.25) is 5.02 Å². The van der Waals surface area contributed by atoms with Crippen LogP contribution in [0.1, 0.15) is 30.3 Å². The van der Waals surface area contributed by atoms with E-state index in [2.05, 4.69) is 10.3 Å². The Kier molecular flexibility index (Phi) is 6.49. The molecular weight excluding hydrogens is 448 g/mol. The summed E-state index contributed by atoms with van der Waals surface area (Å²) in [5.74, 6) is -0.361. The highest BCUT2D eigenvalue weighted by Gasteiger charge is 2.19. The van der Waals surface area contributed by atoms with E-state index in [-0.39, 0.29) is 39.7 Å². The molecule has 3 rings (SSSR count). The van der Waals surface area contributed by atoms with Gasteiger partial charge in [0.2, 0.25) is 5.91 Å². The minimum Gasteiger partial charge on any atom is -0.324 e. The first-order chi connectivity index (χ1) is 14.1. The van der Waals surface area contributed by atoms with Crippen molar-refractivity contribution in [2.45, 2.75) is 38.9 Å². The first-order valence-electron chi connectivity index (χ1n) is 8.99. The molecule has 0 unspecified atom stereocenters. The van der Waals surface area contributed by atoms with Gasteiger partial charge in [-0.15, -0.1) is 11.3 Å². The van der Waals surface area contributed by atoms with Crippen LogP contribution >= 0.6 is 34.7 Å². The van der Waals surface area contributed by atoms with Crippen molar-refractivity contribution in [3.63, 3.8) is 0 Å². The average Bonchev–Trinajstić information content (AvgIpc) is 2.95. The van der Waals surface area contributed by atoms with Crippen LogP contribution in [0.3, 0.4) is 0 Å². The van der Waals surface area contributed by atoms with Crippen LogP contribution in [-0.4, -0.2) is 26.1 Å². The van der Waals surface area contributed by atoms with Crippen LogP contribution in [0, 0.1) is 24.0 Å². The highest BCUT2D eigenvalue weighted by atomic mass is 35.5. The van der Waals surface area contributed by atoms with Crippen LogP contribution in [0.15, 0.2) is 28.2 Å². The van der Waals surface area contributed by atoms with Gasteiger partial charge in [0.25, 0.3) is 11.2 Å². The van der Waals surface area contributed by atoms with Gasteiger partial charge < -0.3 is 5.32 Å². The van der Waals surface area contributed by atoms with E-state index in [0.29, 0.717) is 15.4 Å². The Hall–Kier alpha value is -2.43. The molecule has 0 aliphatic rings. The number of hydrogen-bond acceptors (Lipinski definition) is 7. The number of rotatable bonds is 6. The number of nitro benzene ring substituents is 1. The Morgan fingerprint density at radius 1 is 1.40 bits per heavy atom. The molecule has 8 nitrogen and oxygen atoms in total. The molecule has 1 aromatic carbocycles. The number of nitrogens with zero attached hydrogens (tertiary/aromatic N) is 3. The number of halogens is 1. The number of thiophene rings is 1. The van der Waals surface area contributed by atoms with Gasteiger partial charge >= 0.3 is 0 Å². The maximum Gasteiger partial charge on any atom is 0.271 e. The zero-order valence-corrected chi connectivity index (χ0v) is 19.1. The van der Waals surface area contributed by atoms with Gasteiger partial charge in [0.15, 0.2) is 5.16 Å². The second-order valence-corrected chi connectivity index (χ2v) is 9.44. The van der Waals surface area contributed by atoms with E-state index in [1.807, 2.05) is 27.7 Å². The van der Waals surface area contributed by atoms with Gasteiger partial charge in [-0.25, -0.2) is 4.98 Å². The number of carbonyl (C=O) groups is 1. The molecule has 0 bridgehead atoms. The van der Waals surface area contributed by atoms with Gasteiger partial charge in [0.1, 0.15) is 4.83 Å². The lowest BCUT2D eigenvalue weighted by Gasteiger charge is -2.15. The number of nitro groups is 1. The summed E-state index contributed by atoms with van der Waals surface area (Å²) >= 11 is 8.64. The van der Waals surface area contributed by atoms with Crippen LogP contribution < -0.4 is 10.9 Å². The van der Waals surface area contributed by atoms with Crippen molar-refractivity contribution >= 4 is 62.2 Å². The average molecular weight is 467 g/mol. The topological polar surface area (TPSA) is 107 Å². The predicted molar refractivity (Wildman–Crippen MR) is 121 cm³/mol. The van der Waals surface area contributed by atoms with Crippen molar-refractivity contribution in [3.05, 3.63) is 54.1 Å². The summed E-state index contributed by atoms with van der Waals surface area (Å²) in [4.78, 5) is 42.0.